The zero-order chi connectivity index (χ0) is 47.3. The van der Waals surface area contributed by atoms with Gasteiger partial charge < -0.3 is 23.6 Å². The van der Waals surface area contributed by atoms with Gasteiger partial charge in [-0.1, -0.05) is 68.8 Å². The Morgan fingerprint density at radius 1 is 0.735 bits per heavy atom. The molecule has 0 spiro atoms. The Labute approximate surface area is 417 Å². The van der Waals surface area contributed by atoms with Gasteiger partial charge in [-0.2, -0.15) is 0 Å². The lowest BCUT2D eigenvalue weighted by molar-refractivity contribution is -0.158. The number of aromatic nitrogens is 3. The van der Waals surface area contributed by atoms with Gasteiger partial charge in [0.1, 0.15) is 50.6 Å². The number of hydrogen-bond donors (Lipinski definition) is 1. The fourth-order valence-electron chi connectivity index (χ4n) is 11.8. The highest BCUT2D eigenvalue weighted by Gasteiger charge is 2.59. The number of rotatable bonds is 11. The van der Waals surface area contributed by atoms with Crippen LogP contribution in [-0.2, 0) is 33.1 Å². The average Bonchev–Trinajstić information content (AvgIpc) is 4.18. The third kappa shape index (κ3) is 8.40. The summed E-state index contributed by atoms with van der Waals surface area (Å²) in [6.45, 7) is 12.2. The lowest BCUT2D eigenvalue weighted by atomic mass is 9.68. The molecule has 3 aromatic heterocycles. The van der Waals surface area contributed by atoms with Crippen LogP contribution in [0.5, 0.6) is 0 Å². The molecule has 3 aromatic carbocycles. The fourth-order valence-corrected chi connectivity index (χ4v) is 14.2. The summed E-state index contributed by atoms with van der Waals surface area (Å²) in [7, 11) is 0. The molecule has 6 saturated carbocycles. The van der Waals surface area contributed by atoms with Crippen molar-refractivity contribution in [2.75, 3.05) is 0 Å². The van der Waals surface area contributed by atoms with Crippen molar-refractivity contribution in [2.24, 2.45) is 23.7 Å². The Morgan fingerprint density at radius 3 is 1.65 bits per heavy atom. The standard InChI is InChI=1S/C30H26Cl2FN3O3S.C22H23Cl2NO3/c1-29(38-14-19-25(36-39-27(19)15-6-7-15)24-20(31)4-3-5-21(24)32)12-16-8-9-17(13-29)30(16,37)28-35-26-22(33)10-18(34-2)11-23(26)40-28;1-22(9-13-7-8-14(10-22)20(13)26)27-11-15-19(25-28-21(15)12-5-6-12)18-16(23)3-2-4-17(18)24/h3-5,10-11,15-17,37H,6-9,12-14H2,1H3;2-4,12-14H,5-11H2,1H3/t16-,17+,29?,30?;13-,14+,22?. The summed E-state index contributed by atoms with van der Waals surface area (Å²) in [5.74, 6) is 2.52. The number of hydrogen-bond acceptors (Lipinski definition) is 10. The van der Waals surface area contributed by atoms with Gasteiger partial charge in [0, 0.05) is 50.6 Å². The molecule has 10 nitrogen and oxygen atoms in total. The Morgan fingerprint density at radius 2 is 1.19 bits per heavy atom. The van der Waals surface area contributed by atoms with Crippen molar-refractivity contribution in [2.45, 2.75) is 133 Å². The van der Waals surface area contributed by atoms with Crippen LogP contribution in [0.15, 0.2) is 57.6 Å². The monoisotopic (exact) mass is 1020 g/mol. The fraction of sp³-hybridized carbons (Fsp3) is 0.481. The van der Waals surface area contributed by atoms with E-state index in [1.54, 1.807) is 24.3 Å². The molecule has 6 fully saturated rings. The van der Waals surface area contributed by atoms with E-state index < -0.39 is 17.0 Å². The molecule has 3 unspecified atom stereocenters. The molecule has 0 saturated heterocycles. The highest BCUT2D eigenvalue weighted by atomic mass is 35.5. The first-order valence-corrected chi connectivity index (χ1v) is 25.9. The number of carbonyl (C=O) groups excluding carboxylic acids is 1. The number of thiazole rings is 1. The van der Waals surface area contributed by atoms with Crippen LogP contribution in [0.4, 0.5) is 10.1 Å². The predicted molar refractivity (Wildman–Crippen MR) is 260 cm³/mol. The van der Waals surface area contributed by atoms with Gasteiger partial charge in [0.15, 0.2) is 5.69 Å². The van der Waals surface area contributed by atoms with E-state index in [1.807, 2.05) is 18.2 Å². The second-order valence-electron chi connectivity index (χ2n) is 20.4. The molecule has 6 aliphatic carbocycles. The molecule has 0 radical (unpaired) electrons. The number of benzene rings is 3. The minimum Gasteiger partial charge on any atom is -0.382 e. The number of ether oxygens (including phenoxy) is 2. The third-order valence-electron chi connectivity index (χ3n) is 15.5. The summed E-state index contributed by atoms with van der Waals surface area (Å²) >= 11 is 27.2. The Hall–Kier alpha value is -3.90. The van der Waals surface area contributed by atoms with Crippen molar-refractivity contribution in [1.29, 1.82) is 0 Å². The van der Waals surface area contributed by atoms with Gasteiger partial charge in [-0.05, 0) is 139 Å². The third-order valence-corrected chi connectivity index (χ3v) is 17.9. The first-order chi connectivity index (χ1) is 32.6. The van der Waals surface area contributed by atoms with Crippen LogP contribution in [0.2, 0.25) is 20.1 Å². The Bertz CT molecular complexity index is 2940. The SMILES string of the molecule is CC1(OCc2c(-c3c(Cl)cccc3Cl)noc2C2CC2)C[C@H]2CC[C@@H](C1)C2=O.[C-]#[N+]c1cc(F)c2nc(C3(O)[C@@H]4CC[C@H]3CC(C)(OCc3c(-c5c(Cl)cccc5Cl)noc3C3CC3)C4)sc2c1. The molecule has 6 aliphatic rings. The number of carbonyl (C=O) groups is 1. The van der Waals surface area contributed by atoms with Crippen molar-refractivity contribution < 1.29 is 32.8 Å². The van der Waals surface area contributed by atoms with Crippen molar-refractivity contribution in [1.82, 2.24) is 15.3 Å². The van der Waals surface area contributed by atoms with E-state index in [0.717, 1.165) is 86.9 Å². The molecule has 3 heterocycles. The number of fused-ring (bicyclic) bond motifs is 5. The number of halogens is 5. The number of ketones is 1. The molecule has 0 aliphatic heterocycles. The van der Waals surface area contributed by atoms with E-state index in [9.17, 15) is 14.3 Å². The number of aliphatic hydroxyl groups is 1. The van der Waals surface area contributed by atoms with Crippen LogP contribution in [0.25, 0.3) is 37.6 Å². The van der Waals surface area contributed by atoms with Gasteiger partial charge in [0.2, 0.25) is 0 Å². The zero-order valence-corrected chi connectivity index (χ0v) is 41.4. The molecule has 354 valence electrons. The van der Waals surface area contributed by atoms with Crippen LogP contribution in [0, 0.1) is 36.1 Å². The van der Waals surface area contributed by atoms with E-state index in [0.29, 0.717) is 96.0 Å². The summed E-state index contributed by atoms with van der Waals surface area (Å²) in [5, 5.41) is 23.4. The summed E-state index contributed by atoms with van der Waals surface area (Å²) in [6.07, 6.45) is 10.9. The van der Waals surface area contributed by atoms with E-state index >= 15 is 0 Å². The number of Topliss-reactive ketones (excluding diaryl/α,β-unsaturated/α-hetero) is 1. The van der Waals surface area contributed by atoms with Crippen LogP contribution in [-0.4, -0.2) is 37.4 Å². The molecule has 1 N–H and O–H groups in total. The van der Waals surface area contributed by atoms with Gasteiger partial charge in [-0.25, -0.2) is 14.2 Å². The summed E-state index contributed by atoms with van der Waals surface area (Å²) < 4.78 is 40.0. The predicted octanol–water partition coefficient (Wildman–Crippen LogP) is 15.0. The van der Waals surface area contributed by atoms with Crippen LogP contribution in [0.3, 0.4) is 0 Å². The minimum atomic E-state index is -1.15. The molecular weight excluding hydrogens is 969 g/mol. The van der Waals surface area contributed by atoms with Gasteiger partial charge in [-0.3, -0.25) is 4.79 Å². The normalized spacial score (nSPS) is 28.5. The quantitative estimate of drug-likeness (QED) is 0.126. The van der Waals surface area contributed by atoms with E-state index in [1.165, 1.54) is 17.4 Å². The molecular formula is C52H49Cl4FN4O6S. The molecule has 6 aromatic rings. The molecule has 0 amide bonds. The van der Waals surface area contributed by atoms with E-state index in [2.05, 4.69) is 34.0 Å². The first kappa shape index (κ1) is 46.5. The second kappa shape index (κ2) is 17.7. The summed E-state index contributed by atoms with van der Waals surface area (Å²) in [5.41, 5.74) is 2.99. The van der Waals surface area contributed by atoms with Crippen molar-refractivity contribution >= 4 is 79.4 Å². The molecule has 4 bridgehead atoms. The maximum atomic E-state index is 14.7. The van der Waals surface area contributed by atoms with Gasteiger partial charge in [0.05, 0.1) is 51.1 Å². The van der Waals surface area contributed by atoms with Crippen molar-refractivity contribution in [3.8, 4) is 22.5 Å². The second-order valence-corrected chi connectivity index (χ2v) is 23.0. The van der Waals surface area contributed by atoms with Gasteiger partial charge in [-0.15, -0.1) is 11.3 Å². The molecule has 68 heavy (non-hydrogen) atoms. The summed E-state index contributed by atoms with van der Waals surface area (Å²) in [6, 6.07) is 13.7. The highest BCUT2D eigenvalue weighted by Crippen LogP contribution is 2.60. The molecule has 16 heteroatoms. The van der Waals surface area contributed by atoms with Crippen molar-refractivity contribution in [3.05, 3.63) is 114 Å². The first-order valence-electron chi connectivity index (χ1n) is 23.5. The van der Waals surface area contributed by atoms with Crippen molar-refractivity contribution in [3.63, 3.8) is 0 Å². The molecule has 7 atom stereocenters. The Kier molecular flexibility index (Phi) is 12.1. The topological polar surface area (TPSA) is 125 Å². The minimum absolute atomic E-state index is 0.0805. The van der Waals surface area contributed by atoms with Gasteiger partial charge >= 0.3 is 0 Å². The largest absolute Gasteiger partial charge is 0.382 e. The van der Waals surface area contributed by atoms with E-state index in [-0.39, 0.29) is 40.5 Å². The summed E-state index contributed by atoms with van der Waals surface area (Å²) in [4.78, 5) is 20.2. The maximum absolute atomic E-state index is 14.7. The van der Waals surface area contributed by atoms with Crippen LogP contribution >= 0.6 is 57.7 Å². The highest BCUT2D eigenvalue weighted by molar-refractivity contribution is 7.18. The smallest absolute Gasteiger partial charge is 0.191 e. The Balaban J connectivity index is 0.000000159. The van der Waals surface area contributed by atoms with Crippen LogP contribution < -0.4 is 0 Å². The molecule has 12 rings (SSSR count). The van der Waals surface area contributed by atoms with Crippen LogP contribution in [0.1, 0.15) is 130 Å². The van der Waals surface area contributed by atoms with E-state index in [4.69, 9.17) is 71.5 Å². The lowest BCUT2D eigenvalue weighted by Gasteiger charge is -2.46. The van der Waals surface area contributed by atoms with Gasteiger partial charge in [0.25, 0.3) is 0 Å². The average molecular weight is 1020 g/mol. The lowest BCUT2D eigenvalue weighted by Crippen LogP contribution is -2.49. The maximum Gasteiger partial charge on any atom is 0.191 e. The zero-order valence-electron chi connectivity index (χ0n) is 37.6. The number of nitrogens with zero attached hydrogens (tertiary/aromatic N) is 4.